The monoisotopic (exact) mass is 886 g/mol. The zero-order valence-corrected chi connectivity index (χ0v) is 37.4. The number of aliphatic hydroxyl groups is 2. The van der Waals surface area contributed by atoms with Crippen molar-refractivity contribution in [3.05, 3.63) is 102 Å². The molecule has 1 saturated carbocycles. The number of nitrogens with zero attached hydrogens (tertiary/aromatic N) is 3. The summed E-state index contributed by atoms with van der Waals surface area (Å²) in [6.45, 7) is 8.33. The largest absolute Gasteiger partial charge is 0.487 e. The third-order valence-electron chi connectivity index (χ3n) is 12.7. The second kappa shape index (κ2) is 20.9. The molecule has 63 heavy (non-hydrogen) atoms. The number of aryl methyl sites for hydroxylation is 1. The van der Waals surface area contributed by atoms with Crippen LogP contribution in [0.15, 0.2) is 95.0 Å². The molecule has 14 nitrogen and oxygen atoms in total. The first-order chi connectivity index (χ1) is 30.5. The van der Waals surface area contributed by atoms with Crippen molar-refractivity contribution >= 4 is 27.3 Å². The molecule has 1 saturated heterocycles. The first kappa shape index (κ1) is 46.4. The van der Waals surface area contributed by atoms with E-state index in [1.165, 1.54) is 23.4 Å². The van der Waals surface area contributed by atoms with Gasteiger partial charge in [0.15, 0.2) is 0 Å². The van der Waals surface area contributed by atoms with E-state index < -0.39 is 34.1 Å². The van der Waals surface area contributed by atoms with Crippen LogP contribution in [-0.4, -0.2) is 91.1 Å². The zero-order valence-electron chi connectivity index (χ0n) is 36.6. The lowest BCUT2D eigenvalue weighted by Crippen LogP contribution is -2.69. The molecular weight excluding hydrogens is 825 g/mol. The summed E-state index contributed by atoms with van der Waals surface area (Å²) in [5.74, 6) is -1.58. The van der Waals surface area contributed by atoms with Gasteiger partial charge in [-0.3, -0.25) is 9.78 Å². The van der Waals surface area contributed by atoms with Crippen LogP contribution < -0.4 is 14.8 Å². The number of rotatable bonds is 20. The van der Waals surface area contributed by atoms with Gasteiger partial charge in [0.1, 0.15) is 18.1 Å². The molecule has 0 radical (unpaired) electrons. The van der Waals surface area contributed by atoms with Gasteiger partial charge in [0.25, 0.3) is 0 Å². The SMILES string of the molecule is C=CCOC12Oc3ccc(OCc4cccc(C)n4)cc3C3C(CCCCO)C(CCCCO)C=C(C(=NOC4CCCCO4)CC1N(C)S(=O)(=O)c1ccc(NC(C)=O)cc1)C32. The Hall–Kier alpha value is -4.64. The zero-order chi connectivity index (χ0) is 44.6. The molecule has 2 fully saturated rings. The summed E-state index contributed by atoms with van der Waals surface area (Å²) < 4.78 is 57.7. The number of pyridine rings is 1. The highest BCUT2D eigenvalue weighted by atomic mass is 32.2. The molecule has 7 rings (SSSR count). The molecule has 4 aliphatic rings. The second-order valence-electron chi connectivity index (χ2n) is 17.0. The number of allylic oxidation sites excluding steroid dienone is 1. The summed E-state index contributed by atoms with van der Waals surface area (Å²) >= 11 is 0. The van der Waals surface area contributed by atoms with Gasteiger partial charge in [0, 0.05) is 62.9 Å². The van der Waals surface area contributed by atoms with Gasteiger partial charge in [-0.2, -0.15) is 4.31 Å². The molecular formula is C48H62N4O10S. The van der Waals surface area contributed by atoms with E-state index >= 15 is 0 Å². The number of oxime groups is 1. The van der Waals surface area contributed by atoms with E-state index in [0.29, 0.717) is 48.8 Å². The van der Waals surface area contributed by atoms with E-state index in [2.05, 4.69) is 23.0 Å². The molecule has 2 aliphatic carbocycles. The molecule has 15 heteroatoms. The van der Waals surface area contributed by atoms with Crippen molar-refractivity contribution < 1.29 is 47.2 Å². The number of amides is 1. The number of ether oxygens (including phenoxy) is 4. The number of fused-ring (bicyclic) bond motifs is 2. The van der Waals surface area contributed by atoms with Gasteiger partial charge in [-0.1, -0.05) is 36.2 Å². The summed E-state index contributed by atoms with van der Waals surface area (Å²) in [6.07, 6.45) is 10.3. The fraction of sp³-hybridized carbons (Fsp3) is 0.521. The maximum atomic E-state index is 14.9. The van der Waals surface area contributed by atoms with Crippen molar-refractivity contribution in [3.8, 4) is 11.5 Å². The predicted octanol–water partition coefficient (Wildman–Crippen LogP) is 7.41. The summed E-state index contributed by atoms with van der Waals surface area (Å²) in [5.41, 5.74) is 4.49. The van der Waals surface area contributed by atoms with Crippen LogP contribution in [0.1, 0.15) is 94.0 Å². The lowest BCUT2D eigenvalue weighted by atomic mass is 9.55. The topological polar surface area (TPSA) is 178 Å². The second-order valence-corrected chi connectivity index (χ2v) is 19.0. The highest BCUT2D eigenvalue weighted by molar-refractivity contribution is 7.89. The van der Waals surface area contributed by atoms with Gasteiger partial charge >= 0.3 is 0 Å². The van der Waals surface area contributed by atoms with E-state index in [0.717, 1.165) is 61.0 Å². The fourth-order valence-electron chi connectivity index (χ4n) is 9.79. The number of benzene rings is 2. The average Bonchev–Trinajstić information content (AvgIpc) is 3.28. The first-order valence-corrected chi connectivity index (χ1v) is 23.7. The number of nitrogens with one attached hydrogen (secondary N) is 1. The molecule has 2 aromatic carbocycles. The summed E-state index contributed by atoms with van der Waals surface area (Å²) in [5, 5.41) is 27.4. The number of hydrogen-bond donors (Lipinski definition) is 3. The van der Waals surface area contributed by atoms with Crippen LogP contribution in [0, 0.1) is 24.7 Å². The predicted molar refractivity (Wildman–Crippen MR) is 239 cm³/mol. The molecule has 0 bridgehead atoms. The summed E-state index contributed by atoms with van der Waals surface area (Å²) in [6, 6.07) is 16.7. The number of hydrogen-bond acceptors (Lipinski definition) is 12. The van der Waals surface area contributed by atoms with E-state index in [4.69, 9.17) is 28.9 Å². The molecule has 3 heterocycles. The van der Waals surface area contributed by atoms with Crippen LogP contribution in [0.25, 0.3) is 0 Å². The number of unbranched alkanes of at least 4 members (excludes halogenated alkanes) is 2. The van der Waals surface area contributed by atoms with E-state index in [1.807, 2.05) is 43.3 Å². The number of likely N-dealkylation sites (N-methyl/N-ethyl adjacent to an activating group) is 1. The lowest BCUT2D eigenvalue weighted by molar-refractivity contribution is -0.250. The maximum Gasteiger partial charge on any atom is 0.243 e. The fourth-order valence-corrected chi connectivity index (χ4v) is 11.2. The first-order valence-electron chi connectivity index (χ1n) is 22.3. The Morgan fingerprint density at radius 2 is 1.84 bits per heavy atom. The maximum absolute atomic E-state index is 14.9. The molecule has 3 aromatic rings. The number of aromatic nitrogens is 1. The van der Waals surface area contributed by atoms with Gasteiger partial charge in [-0.05, 0) is 117 Å². The van der Waals surface area contributed by atoms with Crippen molar-refractivity contribution in [3.63, 3.8) is 0 Å². The number of carbonyl (C=O) groups excluding carboxylic acids is 1. The standard InChI is InChI=1S/C48H62N4O10S/c1-5-26-60-48-44(52(4)63(56,57)38-21-18-35(19-22-38)50-33(3)55)30-42(51-62-45-17-8-11-27-58-45)40-28-34(14-6-9-24-53)39(16-7-10-25-54)46(47(40)48)41-29-37(20-23-43(41)61-48)59-31-36-15-12-13-32(2)49-36/h5,12-13,15,18-23,28-29,34,39,44-47,53-54H,1,6-11,14,16-17,24-27,30-31H2,2-4H3,(H,50,55). The molecule has 3 N–H and O–H groups in total. The average molecular weight is 887 g/mol. The minimum atomic E-state index is -4.24. The van der Waals surface area contributed by atoms with Gasteiger partial charge in [0.05, 0.1) is 41.5 Å². The summed E-state index contributed by atoms with van der Waals surface area (Å²) in [4.78, 5) is 22.6. The van der Waals surface area contributed by atoms with Crippen LogP contribution in [0.5, 0.6) is 11.5 Å². The third-order valence-corrected chi connectivity index (χ3v) is 14.6. The van der Waals surface area contributed by atoms with Crippen molar-refractivity contribution in [2.24, 2.45) is 22.9 Å². The Kier molecular flexibility index (Phi) is 15.4. The van der Waals surface area contributed by atoms with Crippen LogP contribution in [0.2, 0.25) is 0 Å². The van der Waals surface area contributed by atoms with Gasteiger partial charge in [0.2, 0.25) is 28.0 Å². The molecule has 7 atom stereocenters. The highest BCUT2D eigenvalue weighted by Crippen LogP contribution is 2.62. The molecule has 7 unspecified atom stereocenters. The van der Waals surface area contributed by atoms with E-state index in [9.17, 15) is 23.4 Å². The summed E-state index contributed by atoms with van der Waals surface area (Å²) in [7, 11) is -2.70. The molecule has 340 valence electrons. The molecule has 1 amide bonds. The van der Waals surface area contributed by atoms with E-state index in [-0.39, 0.29) is 61.4 Å². The smallest absolute Gasteiger partial charge is 0.243 e. The van der Waals surface area contributed by atoms with Crippen molar-refractivity contribution in [2.75, 3.05) is 38.8 Å². The number of anilines is 1. The lowest BCUT2D eigenvalue weighted by Gasteiger charge is -2.59. The van der Waals surface area contributed by atoms with E-state index in [1.54, 1.807) is 25.3 Å². The Morgan fingerprint density at radius 3 is 2.54 bits per heavy atom. The minimum Gasteiger partial charge on any atom is -0.487 e. The Morgan fingerprint density at radius 1 is 1.06 bits per heavy atom. The number of sulfonamides is 1. The van der Waals surface area contributed by atoms with Crippen LogP contribution in [0.3, 0.4) is 0 Å². The molecule has 0 spiro atoms. The minimum absolute atomic E-state index is 0.0159. The number of aliphatic hydroxyl groups excluding tert-OH is 2. The van der Waals surface area contributed by atoms with Crippen molar-refractivity contribution in [1.82, 2.24) is 9.29 Å². The van der Waals surface area contributed by atoms with Crippen LogP contribution in [0.4, 0.5) is 5.69 Å². The highest BCUT2D eigenvalue weighted by Gasteiger charge is 2.65. The van der Waals surface area contributed by atoms with Crippen molar-refractivity contribution in [1.29, 1.82) is 0 Å². The van der Waals surface area contributed by atoms with Gasteiger partial charge < -0.3 is 39.3 Å². The van der Waals surface area contributed by atoms with Crippen LogP contribution in [-0.2, 0) is 35.7 Å². The quantitative estimate of drug-likeness (QED) is 0.0585. The van der Waals surface area contributed by atoms with Crippen LogP contribution >= 0.6 is 0 Å². The molecule has 2 aliphatic heterocycles. The Balaban J connectivity index is 1.41. The number of carbonyl (C=O) groups is 1. The van der Waals surface area contributed by atoms with Crippen molar-refractivity contribution in [2.45, 2.75) is 114 Å². The third kappa shape index (κ3) is 10.3. The molecule has 1 aromatic heterocycles. The Labute approximate surface area is 371 Å². The normalized spacial score (nSPS) is 25.9. The Bertz CT molecular complexity index is 2230. The van der Waals surface area contributed by atoms with Gasteiger partial charge in [-0.15, -0.1) is 6.58 Å². The van der Waals surface area contributed by atoms with Gasteiger partial charge in [-0.25, -0.2) is 8.42 Å².